The average Bonchev–Trinajstić information content (AvgIpc) is 2.93. The van der Waals surface area contributed by atoms with E-state index in [2.05, 4.69) is 5.32 Å². The fourth-order valence-electron chi connectivity index (χ4n) is 3.34. The van der Waals surface area contributed by atoms with Crippen molar-refractivity contribution in [3.05, 3.63) is 35.4 Å². The van der Waals surface area contributed by atoms with Crippen LogP contribution >= 0.6 is 0 Å². The van der Waals surface area contributed by atoms with Gasteiger partial charge < -0.3 is 9.47 Å². The van der Waals surface area contributed by atoms with Crippen LogP contribution in [0, 0.1) is 0 Å². The summed E-state index contributed by atoms with van der Waals surface area (Å²) < 4.78 is 48.6. The van der Waals surface area contributed by atoms with Gasteiger partial charge in [0.25, 0.3) is 0 Å². The van der Waals surface area contributed by atoms with E-state index in [4.69, 9.17) is 9.47 Å². The first-order chi connectivity index (χ1) is 12.2. The van der Waals surface area contributed by atoms with Crippen LogP contribution < -0.4 is 5.32 Å². The SMILES string of the molecule is CCOC(=O)C1(C(=O)OCC)N[C@@H](C)C[C@H]1c1ccc(C(F)(F)F)cc1. The molecule has 1 aliphatic rings. The number of alkyl halides is 3. The van der Waals surface area contributed by atoms with Crippen molar-refractivity contribution in [2.75, 3.05) is 13.2 Å². The molecule has 0 aromatic heterocycles. The van der Waals surface area contributed by atoms with Crippen molar-refractivity contribution in [3.63, 3.8) is 0 Å². The molecule has 0 aliphatic carbocycles. The summed E-state index contributed by atoms with van der Waals surface area (Å²) in [7, 11) is 0. The van der Waals surface area contributed by atoms with Crippen molar-refractivity contribution in [2.45, 2.75) is 50.9 Å². The van der Waals surface area contributed by atoms with Crippen LogP contribution in [0.2, 0.25) is 0 Å². The monoisotopic (exact) mass is 373 g/mol. The Balaban J connectivity index is 2.48. The third-order valence-corrected chi connectivity index (χ3v) is 4.42. The Kier molecular flexibility index (Phi) is 5.95. The first-order valence-corrected chi connectivity index (χ1v) is 8.46. The van der Waals surface area contributed by atoms with Gasteiger partial charge in [-0.25, -0.2) is 9.59 Å². The molecule has 8 heteroatoms. The minimum atomic E-state index is -4.46. The van der Waals surface area contributed by atoms with Gasteiger partial charge in [0.05, 0.1) is 18.8 Å². The molecule has 1 heterocycles. The van der Waals surface area contributed by atoms with Gasteiger partial charge in [0.1, 0.15) is 0 Å². The van der Waals surface area contributed by atoms with Crippen LogP contribution in [0.1, 0.15) is 44.2 Å². The number of rotatable bonds is 5. The molecule has 1 aliphatic heterocycles. The maximum absolute atomic E-state index is 12.8. The molecule has 0 amide bonds. The van der Waals surface area contributed by atoms with Gasteiger partial charge in [-0.2, -0.15) is 13.2 Å². The first kappa shape index (κ1) is 20.2. The first-order valence-electron chi connectivity index (χ1n) is 8.46. The lowest BCUT2D eigenvalue weighted by molar-refractivity contribution is -0.166. The highest BCUT2D eigenvalue weighted by atomic mass is 19.4. The Hall–Kier alpha value is -2.09. The smallest absolute Gasteiger partial charge is 0.416 e. The minimum absolute atomic E-state index is 0.0653. The number of esters is 2. The van der Waals surface area contributed by atoms with E-state index in [-0.39, 0.29) is 19.3 Å². The number of hydrogen-bond acceptors (Lipinski definition) is 5. The molecule has 1 aromatic rings. The fraction of sp³-hybridized carbons (Fsp3) is 0.556. The normalized spacial score (nSPS) is 22.1. The van der Waals surface area contributed by atoms with E-state index < -0.39 is 35.1 Å². The second-order valence-corrected chi connectivity index (χ2v) is 6.20. The number of ether oxygens (including phenoxy) is 2. The van der Waals surface area contributed by atoms with Gasteiger partial charge in [-0.05, 0) is 44.9 Å². The molecule has 144 valence electrons. The van der Waals surface area contributed by atoms with E-state index in [1.807, 2.05) is 0 Å². The molecule has 0 saturated carbocycles. The lowest BCUT2D eigenvalue weighted by Crippen LogP contribution is -2.60. The van der Waals surface area contributed by atoms with Crippen molar-refractivity contribution in [3.8, 4) is 0 Å². The summed E-state index contributed by atoms with van der Waals surface area (Å²) in [5, 5.41) is 2.96. The lowest BCUT2D eigenvalue weighted by atomic mass is 9.79. The number of nitrogens with one attached hydrogen (secondary N) is 1. The van der Waals surface area contributed by atoms with Crippen LogP contribution in [-0.2, 0) is 25.2 Å². The maximum Gasteiger partial charge on any atom is 0.416 e. The van der Waals surface area contributed by atoms with E-state index in [1.165, 1.54) is 12.1 Å². The summed E-state index contributed by atoms with van der Waals surface area (Å²) in [6.45, 7) is 5.15. The molecule has 26 heavy (non-hydrogen) atoms. The number of halogens is 3. The Bertz CT molecular complexity index is 639. The van der Waals surface area contributed by atoms with Gasteiger partial charge in [0.15, 0.2) is 0 Å². The Morgan fingerprint density at radius 3 is 2.04 bits per heavy atom. The topological polar surface area (TPSA) is 64.6 Å². The second-order valence-electron chi connectivity index (χ2n) is 6.20. The number of benzene rings is 1. The summed E-state index contributed by atoms with van der Waals surface area (Å²) in [6.07, 6.45) is -4.08. The lowest BCUT2D eigenvalue weighted by Gasteiger charge is -2.31. The number of hydrogen-bond donors (Lipinski definition) is 1. The zero-order valence-corrected chi connectivity index (χ0v) is 14.9. The Labute approximate surface area is 149 Å². The molecule has 1 N–H and O–H groups in total. The molecule has 2 atom stereocenters. The highest BCUT2D eigenvalue weighted by Gasteiger charge is 2.60. The molecule has 5 nitrogen and oxygen atoms in total. The molecule has 0 spiro atoms. The van der Waals surface area contributed by atoms with E-state index in [0.29, 0.717) is 12.0 Å². The zero-order valence-electron chi connectivity index (χ0n) is 14.9. The molecule has 1 fully saturated rings. The largest absolute Gasteiger partial charge is 0.464 e. The van der Waals surface area contributed by atoms with E-state index in [1.54, 1.807) is 20.8 Å². The second kappa shape index (κ2) is 7.65. The van der Waals surface area contributed by atoms with Gasteiger partial charge in [0, 0.05) is 12.0 Å². The van der Waals surface area contributed by atoms with Crippen molar-refractivity contribution < 1.29 is 32.2 Å². The molecule has 1 saturated heterocycles. The summed E-state index contributed by atoms with van der Waals surface area (Å²) in [6, 6.07) is 4.25. The van der Waals surface area contributed by atoms with Crippen LogP contribution in [-0.4, -0.2) is 36.7 Å². The summed E-state index contributed by atoms with van der Waals surface area (Å²) in [4.78, 5) is 25.3. The van der Waals surface area contributed by atoms with E-state index in [0.717, 1.165) is 12.1 Å². The van der Waals surface area contributed by atoms with Gasteiger partial charge in [-0.15, -0.1) is 0 Å². The van der Waals surface area contributed by atoms with Crippen molar-refractivity contribution in [2.24, 2.45) is 0 Å². The Morgan fingerprint density at radius 2 is 1.62 bits per heavy atom. The summed E-state index contributed by atoms with van der Waals surface area (Å²) >= 11 is 0. The molecule has 0 bridgehead atoms. The van der Waals surface area contributed by atoms with Gasteiger partial charge in [-0.3, -0.25) is 5.32 Å². The average molecular weight is 373 g/mol. The molecule has 2 rings (SSSR count). The number of carbonyl (C=O) groups excluding carboxylic acids is 2. The molecule has 0 radical (unpaired) electrons. The summed E-state index contributed by atoms with van der Waals surface area (Å²) in [5.74, 6) is -2.27. The zero-order chi connectivity index (χ0) is 19.5. The van der Waals surface area contributed by atoms with Gasteiger partial charge >= 0.3 is 18.1 Å². The van der Waals surface area contributed by atoms with Crippen molar-refractivity contribution in [1.82, 2.24) is 5.32 Å². The maximum atomic E-state index is 12.8. The third-order valence-electron chi connectivity index (χ3n) is 4.42. The molecule has 1 aromatic carbocycles. The minimum Gasteiger partial charge on any atom is -0.464 e. The Morgan fingerprint density at radius 1 is 1.12 bits per heavy atom. The predicted octanol–water partition coefficient (Wildman–Crippen LogP) is 3.04. The van der Waals surface area contributed by atoms with E-state index in [9.17, 15) is 22.8 Å². The van der Waals surface area contributed by atoms with Crippen LogP contribution in [0.4, 0.5) is 13.2 Å². The van der Waals surface area contributed by atoms with Crippen LogP contribution in [0.25, 0.3) is 0 Å². The molecule has 0 unspecified atom stereocenters. The van der Waals surface area contributed by atoms with Crippen molar-refractivity contribution >= 4 is 11.9 Å². The highest BCUT2D eigenvalue weighted by Crippen LogP contribution is 2.41. The van der Waals surface area contributed by atoms with Gasteiger partial charge in [-0.1, -0.05) is 12.1 Å². The predicted molar refractivity (Wildman–Crippen MR) is 87.4 cm³/mol. The fourth-order valence-corrected chi connectivity index (χ4v) is 3.34. The van der Waals surface area contributed by atoms with Crippen molar-refractivity contribution in [1.29, 1.82) is 0 Å². The quantitative estimate of drug-likeness (QED) is 0.635. The standard InChI is InChI=1S/C18H22F3NO4/c1-4-25-15(23)17(16(24)26-5-2)14(10-11(3)22-17)12-6-8-13(9-7-12)18(19,20)21/h6-9,11,14,22H,4-5,10H2,1-3H3/t11-,14-/m0/s1. The van der Waals surface area contributed by atoms with E-state index >= 15 is 0 Å². The van der Waals surface area contributed by atoms with Crippen LogP contribution in [0.15, 0.2) is 24.3 Å². The third kappa shape index (κ3) is 3.70. The van der Waals surface area contributed by atoms with Crippen LogP contribution in [0.3, 0.4) is 0 Å². The molecular formula is C18H22F3NO4. The van der Waals surface area contributed by atoms with Crippen LogP contribution in [0.5, 0.6) is 0 Å². The molecular weight excluding hydrogens is 351 g/mol. The summed E-state index contributed by atoms with van der Waals surface area (Å²) in [5.41, 5.74) is -2.13. The number of carbonyl (C=O) groups is 2. The van der Waals surface area contributed by atoms with Gasteiger partial charge in [0.2, 0.25) is 5.54 Å². The highest BCUT2D eigenvalue weighted by molar-refractivity contribution is 6.06.